The lowest BCUT2D eigenvalue weighted by molar-refractivity contribution is 0.0600. The van der Waals surface area contributed by atoms with Gasteiger partial charge in [-0.05, 0) is 37.6 Å². The van der Waals surface area contributed by atoms with Gasteiger partial charge in [-0.25, -0.2) is 4.79 Å². The molecule has 0 bridgehead atoms. The van der Waals surface area contributed by atoms with Gasteiger partial charge in [0.25, 0.3) is 0 Å². The molecule has 0 spiro atoms. The van der Waals surface area contributed by atoms with Gasteiger partial charge in [0, 0.05) is 0 Å². The fourth-order valence-corrected chi connectivity index (χ4v) is 1.21. The van der Waals surface area contributed by atoms with Crippen molar-refractivity contribution in [2.45, 2.75) is 13.8 Å². The zero-order valence-corrected chi connectivity index (χ0v) is 8.66. The summed E-state index contributed by atoms with van der Waals surface area (Å²) in [4.78, 5) is 11.2. The Morgan fingerprint density at radius 1 is 1.43 bits per heavy atom. The van der Waals surface area contributed by atoms with E-state index in [-0.39, 0.29) is 5.97 Å². The number of hydrogen-bond donors (Lipinski definition) is 0. The molecule has 3 nitrogen and oxygen atoms in total. The normalized spacial score (nSPS) is 9.64. The quantitative estimate of drug-likeness (QED) is 0.692. The standard InChI is InChI=1S/C11H14O3/c1-4-14-10-6-5-9(7-8(10)2)11(12)13-3/h5-7H,4H2,1-3H3. The summed E-state index contributed by atoms with van der Waals surface area (Å²) in [6.07, 6.45) is 0. The predicted octanol–water partition coefficient (Wildman–Crippen LogP) is 2.18. The molecule has 0 N–H and O–H groups in total. The molecule has 76 valence electrons. The van der Waals surface area contributed by atoms with E-state index in [0.717, 1.165) is 11.3 Å². The van der Waals surface area contributed by atoms with Crippen LogP contribution in [-0.2, 0) is 4.74 Å². The van der Waals surface area contributed by atoms with Gasteiger partial charge in [0.05, 0.1) is 19.3 Å². The molecule has 1 aromatic rings. The molecule has 0 atom stereocenters. The SMILES string of the molecule is CCOc1ccc(C(=O)OC)cc1C. The summed E-state index contributed by atoms with van der Waals surface area (Å²) in [6, 6.07) is 5.24. The highest BCUT2D eigenvalue weighted by Crippen LogP contribution is 2.19. The van der Waals surface area contributed by atoms with Gasteiger partial charge in [-0.2, -0.15) is 0 Å². The fourth-order valence-electron chi connectivity index (χ4n) is 1.21. The Hall–Kier alpha value is -1.51. The molecule has 0 amide bonds. The van der Waals surface area contributed by atoms with Crippen LogP contribution in [0, 0.1) is 6.92 Å². The lowest BCUT2D eigenvalue weighted by Gasteiger charge is -2.07. The van der Waals surface area contributed by atoms with E-state index in [2.05, 4.69) is 4.74 Å². The van der Waals surface area contributed by atoms with E-state index >= 15 is 0 Å². The highest BCUT2D eigenvalue weighted by molar-refractivity contribution is 5.89. The van der Waals surface area contributed by atoms with E-state index in [1.54, 1.807) is 18.2 Å². The number of rotatable bonds is 3. The first-order chi connectivity index (χ1) is 6.69. The van der Waals surface area contributed by atoms with E-state index in [1.165, 1.54) is 7.11 Å². The number of benzene rings is 1. The number of ether oxygens (including phenoxy) is 2. The van der Waals surface area contributed by atoms with Gasteiger partial charge in [0.15, 0.2) is 0 Å². The second-order valence-electron chi connectivity index (χ2n) is 2.90. The summed E-state index contributed by atoms with van der Waals surface area (Å²) < 4.78 is 9.96. The Morgan fingerprint density at radius 2 is 2.14 bits per heavy atom. The van der Waals surface area contributed by atoms with Gasteiger partial charge < -0.3 is 9.47 Å². The summed E-state index contributed by atoms with van der Waals surface area (Å²) in [7, 11) is 1.37. The van der Waals surface area contributed by atoms with Crippen LogP contribution in [0.1, 0.15) is 22.8 Å². The first-order valence-electron chi connectivity index (χ1n) is 4.50. The van der Waals surface area contributed by atoms with E-state index < -0.39 is 0 Å². The lowest BCUT2D eigenvalue weighted by atomic mass is 10.1. The van der Waals surface area contributed by atoms with Crippen molar-refractivity contribution in [3.63, 3.8) is 0 Å². The summed E-state index contributed by atoms with van der Waals surface area (Å²) in [5, 5.41) is 0. The highest BCUT2D eigenvalue weighted by atomic mass is 16.5. The molecule has 3 heteroatoms. The molecule has 0 aliphatic carbocycles. The molecule has 0 aliphatic rings. The van der Waals surface area contributed by atoms with Crippen molar-refractivity contribution in [2.24, 2.45) is 0 Å². The third-order valence-corrected chi connectivity index (χ3v) is 1.90. The average molecular weight is 194 g/mol. The van der Waals surface area contributed by atoms with E-state index in [9.17, 15) is 4.79 Å². The van der Waals surface area contributed by atoms with Gasteiger partial charge in [0.2, 0.25) is 0 Å². The summed E-state index contributed by atoms with van der Waals surface area (Å²) >= 11 is 0. The van der Waals surface area contributed by atoms with Crippen LogP contribution in [0.4, 0.5) is 0 Å². The van der Waals surface area contributed by atoms with Crippen LogP contribution in [0.15, 0.2) is 18.2 Å². The number of esters is 1. The summed E-state index contributed by atoms with van der Waals surface area (Å²) in [5.41, 5.74) is 1.49. The minimum atomic E-state index is -0.323. The van der Waals surface area contributed by atoms with Crippen LogP contribution in [0.3, 0.4) is 0 Å². The zero-order valence-electron chi connectivity index (χ0n) is 8.66. The first kappa shape index (κ1) is 10.6. The number of methoxy groups -OCH3 is 1. The number of hydrogen-bond acceptors (Lipinski definition) is 3. The maximum atomic E-state index is 11.2. The lowest BCUT2D eigenvalue weighted by Crippen LogP contribution is -2.02. The molecule has 0 radical (unpaired) electrons. The second kappa shape index (κ2) is 4.65. The van der Waals surface area contributed by atoms with Crippen LogP contribution in [-0.4, -0.2) is 19.7 Å². The molecule has 0 saturated carbocycles. The molecule has 0 saturated heterocycles. The summed E-state index contributed by atoms with van der Waals surface area (Å²) in [5.74, 6) is 0.483. The second-order valence-corrected chi connectivity index (χ2v) is 2.90. The van der Waals surface area contributed by atoms with Crippen molar-refractivity contribution in [1.29, 1.82) is 0 Å². The van der Waals surface area contributed by atoms with Crippen molar-refractivity contribution in [3.8, 4) is 5.75 Å². The molecule has 0 aliphatic heterocycles. The van der Waals surface area contributed by atoms with Crippen molar-refractivity contribution < 1.29 is 14.3 Å². The topological polar surface area (TPSA) is 35.5 Å². The third kappa shape index (κ3) is 2.25. The molecular formula is C11H14O3. The van der Waals surface area contributed by atoms with Crippen LogP contribution >= 0.6 is 0 Å². The van der Waals surface area contributed by atoms with E-state index in [4.69, 9.17) is 4.74 Å². The molecule has 1 aromatic carbocycles. The largest absolute Gasteiger partial charge is 0.494 e. The van der Waals surface area contributed by atoms with E-state index in [1.807, 2.05) is 13.8 Å². The minimum absolute atomic E-state index is 0.323. The minimum Gasteiger partial charge on any atom is -0.494 e. The van der Waals surface area contributed by atoms with Gasteiger partial charge >= 0.3 is 5.97 Å². The number of aryl methyl sites for hydroxylation is 1. The monoisotopic (exact) mass is 194 g/mol. The Morgan fingerprint density at radius 3 is 2.64 bits per heavy atom. The van der Waals surface area contributed by atoms with Crippen LogP contribution in [0.5, 0.6) is 5.75 Å². The number of carbonyl (C=O) groups excluding carboxylic acids is 1. The summed E-state index contributed by atoms with van der Waals surface area (Å²) in [6.45, 7) is 4.45. The molecule has 14 heavy (non-hydrogen) atoms. The zero-order chi connectivity index (χ0) is 10.6. The Kier molecular flexibility index (Phi) is 3.51. The Bertz CT molecular complexity index is 331. The maximum absolute atomic E-state index is 11.2. The third-order valence-electron chi connectivity index (χ3n) is 1.90. The Balaban J connectivity index is 2.94. The average Bonchev–Trinajstić information content (AvgIpc) is 2.20. The molecule has 0 heterocycles. The van der Waals surface area contributed by atoms with Gasteiger partial charge in [-0.15, -0.1) is 0 Å². The molecular weight excluding hydrogens is 180 g/mol. The maximum Gasteiger partial charge on any atom is 0.337 e. The van der Waals surface area contributed by atoms with Gasteiger partial charge in [-0.1, -0.05) is 0 Å². The fraction of sp³-hybridized carbons (Fsp3) is 0.364. The van der Waals surface area contributed by atoms with Gasteiger partial charge in [0.1, 0.15) is 5.75 Å². The molecule has 1 rings (SSSR count). The van der Waals surface area contributed by atoms with Crippen molar-refractivity contribution >= 4 is 5.97 Å². The van der Waals surface area contributed by atoms with Crippen molar-refractivity contribution in [2.75, 3.05) is 13.7 Å². The Labute approximate surface area is 83.6 Å². The smallest absolute Gasteiger partial charge is 0.337 e. The molecule has 0 aromatic heterocycles. The van der Waals surface area contributed by atoms with E-state index in [0.29, 0.717) is 12.2 Å². The van der Waals surface area contributed by atoms with Crippen molar-refractivity contribution in [3.05, 3.63) is 29.3 Å². The van der Waals surface area contributed by atoms with Crippen molar-refractivity contribution in [1.82, 2.24) is 0 Å². The van der Waals surface area contributed by atoms with Crippen LogP contribution in [0.25, 0.3) is 0 Å². The molecule has 0 unspecified atom stereocenters. The van der Waals surface area contributed by atoms with Crippen LogP contribution < -0.4 is 4.74 Å². The number of carbonyl (C=O) groups is 1. The highest BCUT2D eigenvalue weighted by Gasteiger charge is 2.07. The van der Waals surface area contributed by atoms with Crippen LogP contribution in [0.2, 0.25) is 0 Å². The van der Waals surface area contributed by atoms with Gasteiger partial charge in [-0.3, -0.25) is 0 Å². The first-order valence-corrected chi connectivity index (χ1v) is 4.50. The predicted molar refractivity (Wildman–Crippen MR) is 53.7 cm³/mol. The molecule has 0 fully saturated rings.